The third-order valence-electron chi connectivity index (χ3n) is 5.12. The highest BCUT2D eigenvalue weighted by molar-refractivity contribution is 6.30. The Balaban J connectivity index is 1.27. The molecule has 1 aromatic heterocycles. The molecule has 0 saturated carbocycles. The Kier molecular flexibility index (Phi) is 6.18. The standard InChI is InChI=1S/C22H21ClFN5O2/c23-16-2-1-3-19(14-16)27-10-12-28(13-11-27)21(30)15-25-22(31)20-8-9-29(26-20)18-6-4-17(24)5-7-18/h1-9,14H,10-13,15H2,(H,25,31). The van der Waals surface area contributed by atoms with E-state index in [0.29, 0.717) is 36.9 Å². The van der Waals surface area contributed by atoms with E-state index in [-0.39, 0.29) is 24.0 Å². The Morgan fingerprint density at radius 1 is 1.00 bits per heavy atom. The van der Waals surface area contributed by atoms with Crippen LogP contribution in [0.3, 0.4) is 0 Å². The highest BCUT2D eigenvalue weighted by Crippen LogP contribution is 2.20. The van der Waals surface area contributed by atoms with Crippen molar-refractivity contribution < 1.29 is 14.0 Å². The molecule has 0 aliphatic carbocycles. The van der Waals surface area contributed by atoms with Crippen molar-refractivity contribution in [2.45, 2.75) is 0 Å². The summed E-state index contributed by atoms with van der Waals surface area (Å²) in [7, 11) is 0. The van der Waals surface area contributed by atoms with Gasteiger partial charge in [-0.05, 0) is 48.5 Å². The van der Waals surface area contributed by atoms with Crippen molar-refractivity contribution in [1.82, 2.24) is 20.0 Å². The Morgan fingerprint density at radius 3 is 2.45 bits per heavy atom. The van der Waals surface area contributed by atoms with Gasteiger partial charge in [-0.25, -0.2) is 9.07 Å². The summed E-state index contributed by atoms with van der Waals surface area (Å²) in [4.78, 5) is 28.8. The fourth-order valence-corrected chi connectivity index (χ4v) is 3.61. The number of anilines is 1. The summed E-state index contributed by atoms with van der Waals surface area (Å²) in [5.41, 5.74) is 1.85. The van der Waals surface area contributed by atoms with Crippen LogP contribution in [0.5, 0.6) is 0 Å². The van der Waals surface area contributed by atoms with Gasteiger partial charge in [0.25, 0.3) is 5.91 Å². The van der Waals surface area contributed by atoms with Crippen LogP contribution >= 0.6 is 11.6 Å². The zero-order chi connectivity index (χ0) is 21.8. The van der Waals surface area contributed by atoms with Gasteiger partial charge in [-0.2, -0.15) is 5.10 Å². The molecule has 1 fully saturated rings. The lowest BCUT2D eigenvalue weighted by molar-refractivity contribution is -0.130. The Hall–Kier alpha value is -3.39. The molecular formula is C22H21ClFN5O2. The highest BCUT2D eigenvalue weighted by atomic mass is 35.5. The predicted molar refractivity (Wildman–Crippen MR) is 116 cm³/mol. The van der Waals surface area contributed by atoms with Gasteiger partial charge in [0.1, 0.15) is 5.82 Å². The molecule has 2 heterocycles. The van der Waals surface area contributed by atoms with Crippen LogP contribution in [0.4, 0.5) is 10.1 Å². The summed E-state index contributed by atoms with van der Waals surface area (Å²) in [6.07, 6.45) is 1.61. The van der Waals surface area contributed by atoms with Crippen LogP contribution in [-0.4, -0.2) is 59.2 Å². The number of amides is 2. The Morgan fingerprint density at radius 2 is 1.74 bits per heavy atom. The van der Waals surface area contributed by atoms with Crippen molar-refractivity contribution in [2.75, 3.05) is 37.6 Å². The number of piperazine rings is 1. The van der Waals surface area contributed by atoms with E-state index in [9.17, 15) is 14.0 Å². The third kappa shape index (κ3) is 5.03. The minimum atomic E-state index is -0.438. The maximum Gasteiger partial charge on any atom is 0.272 e. The van der Waals surface area contributed by atoms with Crippen LogP contribution < -0.4 is 10.2 Å². The van der Waals surface area contributed by atoms with E-state index < -0.39 is 5.91 Å². The summed E-state index contributed by atoms with van der Waals surface area (Å²) in [6.45, 7) is 2.43. The van der Waals surface area contributed by atoms with Crippen LogP contribution in [0.15, 0.2) is 60.8 Å². The molecule has 0 bridgehead atoms. The number of hydrogen-bond donors (Lipinski definition) is 1. The first kappa shape index (κ1) is 20.9. The molecule has 160 valence electrons. The molecule has 4 rings (SSSR count). The molecule has 0 radical (unpaired) electrons. The molecule has 2 aromatic carbocycles. The summed E-state index contributed by atoms with van der Waals surface area (Å²) in [6, 6.07) is 15.0. The summed E-state index contributed by atoms with van der Waals surface area (Å²) >= 11 is 6.05. The van der Waals surface area contributed by atoms with E-state index in [0.717, 1.165) is 5.69 Å². The number of nitrogens with zero attached hydrogens (tertiary/aromatic N) is 4. The molecule has 2 amide bonds. The van der Waals surface area contributed by atoms with Crippen molar-refractivity contribution >= 4 is 29.1 Å². The number of aromatic nitrogens is 2. The second kappa shape index (κ2) is 9.18. The average Bonchev–Trinajstić information content (AvgIpc) is 3.28. The second-order valence-electron chi connectivity index (χ2n) is 7.15. The number of nitrogens with one attached hydrogen (secondary N) is 1. The van der Waals surface area contributed by atoms with Crippen LogP contribution in [0.25, 0.3) is 5.69 Å². The zero-order valence-electron chi connectivity index (χ0n) is 16.7. The van der Waals surface area contributed by atoms with Crippen molar-refractivity contribution in [3.05, 3.63) is 77.3 Å². The van der Waals surface area contributed by atoms with E-state index in [1.54, 1.807) is 29.3 Å². The maximum absolute atomic E-state index is 13.1. The predicted octanol–water partition coefficient (Wildman–Crippen LogP) is 2.74. The van der Waals surface area contributed by atoms with Crippen molar-refractivity contribution in [3.63, 3.8) is 0 Å². The van der Waals surface area contributed by atoms with E-state index in [4.69, 9.17) is 11.6 Å². The molecule has 31 heavy (non-hydrogen) atoms. The first-order valence-corrected chi connectivity index (χ1v) is 10.3. The van der Waals surface area contributed by atoms with Crippen molar-refractivity contribution in [2.24, 2.45) is 0 Å². The fraction of sp³-hybridized carbons (Fsp3) is 0.227. The van der Waals surface area contributed by atoms with Gasteiger partial charge < -0.3 is 15.1 Å². The lowest BCUT2D eigenvalue weighted by Crippen LogP contribution is -2.51. The first-order valence-electron chi connectivity index (χ1n) is 9.88. The topological polar surface area (TPSA) is 70.5 Å². The molecule has 0 spiro atoms. The molecule has 3 aromatic rings. The SMILES string of the molecule is O=C(NCC(=O)N1CCN(c2cccc(Cl)c2)CC1)c1ccn(-c2ccc(F)cc2)n1. The fourth-order valence-electron chi connectivity index (χ4n) is 3.43. The summed E-state index contributed by atoms with van der Waals surface area (Å²) in [5, 5.41) is 7.50. The molecule has 9 heteroatoms. The van der Waals surface area contributed by atoms with Gasteiger partial charge in [0.2, 0.25) is 5.91 Å². The van der Waals surface area contributed by atoms with Gasteiger partial charge >= 0.3 is 0 Å². The van der Waals surface area contributed by atoms with Gasteiger partial charge in [0.05, 0.1) is 12.2 Å². The molecular weight excluding hydrogens is 421 g/mol. The van der Waals surface area contributed by atoms with Gasteiger partial charge in [-0.15, -0.1) is 0 Å². The van der Waals surface area contributed by atoms with Gasteiger partial charge in [0.15, 0.2) is 5.69 Å². The monoisotopic (exact) mass is 441 g/mol. The first-order chi connectivity index (χ1) is 15.0. The number of hydrogen-bond acceptors (Lipinski definition) is 4. The minimum absolute atomic E-state index is 0.0978. The lowest BCUT2D eigenvalue weighted by Gasteiger charge is -2.36. The van der Waals surface area contributed by atoms with Gasteiger partial charge in [-0.3, -0.25) is 9.59 Å². The molecule has 7 nitrogen and oxygen atoms in total. The quantitative estimate of drug-likeness (QED) is 0.661. The van der Waals surface area contributed by atoms with Crippen molar-refractivity contribution in [3.8, 4) is 5.69 Å². The molecule has 1 saturated heterocycles. The van der Waals surface area contributed by atoms with Crippen LogP contribution in [-0.2, 0) is 4.79 Å². The van der Waals surface area contributed by atoms with Gasteiger partial charge in [-0.1, -0.05) is 17.7 Å². The lowest BCUT2D eigenvalue weighted by atomic mass is 10.2. The Labute approximate surface area is 184 Å². The molecule has 1 aliphatic heterocycles. The van der Waals surface area contributed by atoms with E-state index in [2.05, 4.69) is 15.3 Å². The number of carbonyl (C=O) groups is 2. The van der Waals surface area contributed by atoms with E-state index >= 15 is 0 Å². The largest absolute Gasteiger partial charge is 0.368 e. The van der Waals surface area contributed by atoms with Gasteiger partial charge in [0, 0.05) is 43.1 Å². The normalized spacial score (nSPS) is 13.9. The number of carbonyl (C=O) groups excluding carboxylic acids is 2. The van der Waals surface area contributed by atoms with E-state index in [1.165, 1.54) is 16.8 Å². The molecule has 1 aliphatic rings. The van der Waals surface area contributed by atoms with Crippen LogP contribution in [0, 0.1) is 5.82 Å². The number of benzene rings is 2. The number of rotatable bonds is 5. The average molecular weight is 442 g/mol. The Bertz CT molecular complexity index is 1080. The smallest absolute Gasteiger partial charge is 0.272 e. The summed E-state index contributed by atoms with van der Waals surface area (Å²) in [5.74, 6) is -0.926. The minimum Gasteiger partial charge on any atom is -0.368 e. The van der Waals surface area contributed by atoms with E-state index in [1.807, 2.05) is 24.3 Å². The molecule has 0 atom stereocenters. The van der Waals surface area contributed by atoms with Crippen LogP contribution in [0.2, 0.25) is 5.02 Å². The highest BCUT2D eigenvalue weighted by Gasteiger charge is 2.22. The van der Waals surface area contributed by atoms with Crippen molar-refractivity contribution in [1.29, 1.82) is 0 Å². The second-order valence-corrected chi connectivity index (χ2v) is 7.59. The number of halogens is 2. The summed E-state index contributed by atoms with van der Waals surface area (Å²) < 4.78 is 14.5. The molecule has 0 unspecified atom stereocenters. The maximum atomic E-state index is 13.1. The zero-order valence-corrected chi connectivity index (χ0v) is 17.4. The third-order valence-corrected chi connectivity index (χ3v) is 5.35. The van der Waals surface area contributed by atoms with Crippen LogP contribution in [0.1, 0.15) is 10.5 Å². The molecule has 1 N–H and O–H groups in total.